The van der Waals surface area contributed by atoms with Crippen molar-refractivity contribution in [2.75, 3.05) is 12.4 Å². The van der Waals surface area contributed by atoms with Crippen LogP contribution in [0.1, 0.15) is 23.2 Å². The standard InChI is InChI=1S/C22H23ClN6O2/c1-13-16(14(2)25-21-20(13)22(31-4)27-28(21)3)6-8-19(30)26-15-5-7-18(17(23)11-15)29-10-9-24-12-29/h5,7,9-12H,6,8H2,1-4H3,(H,26,30). The van der Waals surface area contributed by atoms with Gasteiger partial charge < -0.3 is 14.6 Å². The average Bonchev–Trinajstić information content (AvgIpc) is 3.36. The number of carbonyl (C=O) groups excluding carboxylic acids is 1. The van der Waals surface area contributed by atoms with Crippen molar-refractivity contribution in [3.63, 3.8) is 0 Å². The van der Waals surface area contributed by atoms with Crippen LogP contribution in [0.4, 0.5) is 5.69 Å². The zero-order valence-electron chi connectivity index (χ0n) is 17.8. The number of halogens is 1. The minimum Gasteiger partial charge on any atom is -0.479 e. The lowest BCUT2D eigenvalue weighted by Crippen LogP contribution is -2.13. The lowest BCUT2D eigenvalue weighted by atomic mass is 10.00. The maximum absolute atomic E-state index is 12.6. The van der Waals surface area contributed by atoms with Gasteiger partial charge in [-0.3, -0.25) is 4.79 Å². The summed E-state index contributed by atoms with van der Waals surface area (Å²) in [5.74, 6) is 0.448. The number of nitrogens with zero attached hydrogens (tertiary/aromatic N) is 5. The number of fused-ring (bicyclic) bond motifs is 1. The van der Waals surface area contributed by atoms with E-state index in [1.807, 2.05) is 43.8 Å². The molecule has 0 radical (unpaired) electrons. The van der Waals surface area contributed by atoms with Crippen LogP contribution in [0.25, 0.3) is 16.7 Å². The van der Waals surface area contributed by atoms with E-state index in [2.05, 4.69) is 20.4 Å². The first-order valence-electron chi connectivity index (χ1n) is 9.83. The zero-order chi connectivity index (χ0) is 22.1. The summed E-state index contributed by atoms with van der Waals surface area (Å²) in [5, 5.41) is 8.70. The fraction of sp³-hybridized carbons (Fsp3) is 0.273. The Hall–Kier alpha value is -3.39. The van der Waals surface area contributed by atoms with Crippen LogP contribution >= 0.6 is 11.6 Å². The van der Waals surface area contributed by atoms with Crippen LogP contribution < -0.4 is 10.1 Å². The number of methoxy groups -OCH3 is 1. The van der Waals surface area contributed by atoms with E-state index >= 15 is 0 Å². The normalized spacial score (nSPS) is 11.1. The van der Waals surface area contributed by atoms with Gasteiger partial charge >= 0.3 is 0 Å². The third-order valence-electron chi connectivity index (χ3n) is 5.33. The van der Waals surface area contributed by atoms with Gasteiger partial charge in [-0.1, -0.05) is 11.6 Å². The largest absolute Gasteiger partial charge is 0.479 e. The highest BCUT2D eigenvalue weighted by molar-refractivity contribution is 6.32. The molecule has 0 atom stereocenters. The van der Waals surface area contributed by atoms with Gasteiger partial charge in [-0.2, -0.15) is 0 Å². The van der Waals surface area contributed by atoms with Crippen molar-refractivity contribution in [2.24, 2.45) is 7.05 Å². The minimum absolute atomic E-state index is 0.0940. The van der Waals surface area contributed by atoms with Crippen molar-refractivity contribution in [1.29, 1.82) is 0 Å². The third kappa shape index (κ3) is 3.98. The number of amides is 1. The van der Waals surface area contributed by atoms with Crippen molar-refractivity contribution < 1.29 is 9.53 Å². The van der Waals surface area contributed by atoms with E-state index in [-0.39, 0.29) is 5.91 Å². The number of rotatable bonds is 6. The zero-order valence-corrected chi connectivity index (χ0v) is 18.6. The van der Waals surface area contributed by atoms with Crippen molar-refractivity contribution in [3.8, 4) is 11.6 Å². The van der Waals surface area contributed by atoms with Crippen LogP contribution in [0.2, 0.25) is 5.02 Å². The number of pyridine rings is 1. The van der Waals surface area contributed by atoms with Crippen LogP contribution in [0, 0.1) is 13.8 Å². The Balaban J connectivity index is 1.49. The summed E-state index contributed by atoms with van der Waals surface area (Å²) >= 11 is 6.38. The molecule has 4 aromatic rings. The second-order valence-corrected chi connectivity index (χ2v) is 7.72. The van der Waals surface area contributed by atoms with E-state index in [0.29, 0.717) is 29.4 Å². The van der Waals surface area contributed by atoms with Crippen molar-refractivity contribution in [3.05, 3.63) is 58.8 Å². The molecule has 0 fully saturated rings. The molecule has 0 aliphatic rings. The van der Waals surface area contributed by atoms with Gasteiger partial charge in [0.25, 0.3) is 0 Å². The Kier molecular flexibility index (Phi) is 5.65. The molecule has 31 heavy (non-hydrogen) atoms. The lowest BCUT2D eigenvalue weighted by molar-refractivity contribution is -0.116. The molecular formula is C22H23ClN6O2. The van der Waals surface area contributed by atoms with Crippen LogP contribution in [0.5, 0.6) is 5.88 Å². The Morgan fingerprint density at radius 2 is 2.10 bits per heavy atom. The van der Waals surface area contributed by atoms with Crippen molar-refractivity contribution in [1.82, 2.24) is 24.3 Å². The smallest absolute Gasteiger partial charge is 0.242 e. The number of anilines is 1. The van der Waals surface area contributed by atoms with Gasteiger partial charge in [0.1, 0.15) is 0 Å². The van der Waals surface area contributed by atoms with Crippen LogP contribution in [0.15, 0.2) is 36.9 Å². The highest BCUT2D eigenvalue weighted by Crippen LogP contribution is 2.30. The van der Waals surface area contributed by atoms with Gasteiger partial charge in [-0.25, -0.2) is 14.6 Å². The Labute approximate surface area is 184 Å². The number of hydrogen-bond acceptors (Lipinski definition) is 5. The highest BCUT2D eigenvalue weighted by atomic mass is 35.5. The van der Waals surface area contributed by atoms with Crippen LogP contribution in [-0.4, -0.2) is 37.3 Å². The number of ether oxygens (including phenoxy) is 1. The van der Waals surface area contributed by atoms with Gasteiger partial charge in [-0.15, -0.1) is 5.10 Å². The summed E-state index contributed by atoms with van der Waals surface area (Å²) in [6.07, 6.45) is 6.05. The molecule has 4 rings (SSSR count). The van der Waals surface area contributed by atoms with E-state index < -0.39 is 0 Å². The fourth-order valence-electron chi connectivity index (χ4n) is 3.76. The number of nitrogens with one attached hydrogen (secondary N) is 1. The van der Waals surface area contributed by atoms with Crippen molar-refractivity contribution in [2.45, 2.75) is 26.7 Å². The maximum Gasteiger partial charge on any atom is 0.242 e. The number of hydrogen-bond donors (Lipinski definition) is 1. The molecule has 0 spiro atoms. The molecule has 0 bridgehead atoms. The molecule has 3 aromatic heterocycles. The van der Waals surface area contributed by atoms with E-state index in [9.17, 15) is 4.79 Å². The summed E-state index contributed by atoms with van der Waals surface area (Å²) in [6.45, 7) is 3.97. The molecule has 1 N–H and O–H groups in total. The van der Waals surface area contributed by atoms with Gasteiger partial charge in [0.05, 0.1) is 29.5 Å². The highest BCUT2D eigenvalue weighted by Gasteiger charge is 2.18. The molecule has 0 aliphatic heterocycles. The number of aryl methyl sites for hydroxylation is 3. The Morgan fingerprint density at radius 1 is 1.29 bits per heavy atom. The molecule has 0 saturated heterocycles. The topological polar surface area (TPSA) is 86.9 Å². The second kappa shape index (κ2) is 8.39. The SMILES string of the molecule is COc1nn(C)c2nc(C)c(CCC(=O)Nc3ccc(-n4ccnc4)c(Cl)c3)c(C)c12. The van der Waals surface area contributed by atoms with Crippen LogP contribution in [0.3, 0.4) is 0 Å². The number of imidazole rings is 1. The van der Waals surface area contributed by atoms with Gasteiger partial charge in [0, 0.05) is 37.2 Å². The number of carbonyl (C=O) groups is 1. The summed E-state index contributed by atoms with van der Waals surface area (Å²) < 4.78 is 8.93. The molecular weight excluding hydrogens is 416 g/mol. The lowest BCUT2D eigenvalue weighted by Gasteiger charge is -2.12. The second-order valence-electron chi connectivity index (χ2n) is 7.32. The van der Waals surface area contributed by atoms with Gasteiger partial charge in [0.2, 0.25) is 11.8 Å². The quantitative estimate of drug-likeness (QED) is 0.491. The minimum atomic E-state index is -0.0940. The summed E-state index contributed by atoms with van der Waals surface area (Å²) in [6, 6.07) is 5.41. The first-order chi connectivity index (χ1) is 14.9. The summed E-state index contributed by atoms with van der Waals surface area (Å²) in [5.41, 5.74) is 5.17. The number of benzene rings is 1. The molecule has 0 saturated carbocycles. The molecule has 0 aliphatic carbocycles. The number of aromatic nitrogens is 5. The summed E-state index contributed by atoms with van der Waals surface area (Å²) in [4.78, 5) is 21.3. The molecule has 0 unspecified atom stereocenters. The predicted octanol–water partition coefficient (Wildman–Crippen LogP) is 4.00. The van der Waals surface area contributed by atoms with Crippen molar-refractivity contribution >= 4 is 34.2 Å². The molecule has 1 amide bonds. The molecule has 160 valence electrons. The van der Waals surface area contributed by atoms with E-state index in [1.165, 1.54) is 0 Å². The van der Waals surface area contributed by atoms with Gasteiger partial charge in [0.15, 0.2) is 5.65 Å². The monoisotopic (exact) mass is 438 g/mol. The fourth-order valence-corrected chi connectivity index (χ4v) is 4.04. The maximum atomic E-state index is 12.6. The van der Waals surface area contributed by atoms with E-state index in [1.54, 1.807) is 30.4 Å². The predicted molar refractivity (Wildman–Crippen MR) is 120 cm³/mol. The third-order valence-corrected chi connectivity index (χ3v) is 5.63. The molecule has 9 heteroatoms. The summed E-state index contributed by atoms with van der Waals surface area (Å²) in [7, 11) is 3.43. The van der Waals surface area contributed by atoms with E-state index in [0.717, 1.165) is 33.5 Å². The molecule has 1 aromatic carbocycles. The first kappa shape index (κ1) is 20.9. The van der Waals surface area contributed by atoms with Crippen LogP contribution in [-0.2, 0) is 18.3 Å². The molecule has 3 heterocycles. The average molecular weight is 439 g/mol. The van der Waals surface area contributed by atoms with Gasteiger partial charge in [-0.05, 0) is 49.6 Å². The molecule has 8 nitrogen and oxygen atoms in total. The first-order valence-corrected chi connectivity index (χ1v) is 10.2. The van der Waals surface area contributed by atoms with E-state index in [4.69, 9.17) is 16.3 Å². The Bertz CT molecular complexity index is 1260. The Morgan fingerprint density at radius 3 is 2.77 bits per heavy atom.